The van der Waals surface area contributed by atoms with Gasteiger partial charge in [-0.3, -0.25) is 0 Å². The maximum Gasteiger partial charge on any atom is 0.113 e. The van der Waals surface area contributed by atoms with Gasteiger partial charge in [0.15, 0.2) is 0 Å². The van der Waals surface area contributed by atoms with Crippen molar-refractivity contribution in [2.75, 3.05) is 4.90 Å². The lowest BCUT2D eigenvalue weighted by Crippen LogP contribution is -2.34. The lowest BCUT2D eigenvalue weighted by atomic mass is 9.70. The summed E-state index contributed by atoms with van der Waals surface area (Å²) in [5.41, 5.74) is 18.3. The van der Waals surface area contributed by atoms with Gasteiger partial charge in [0.1, 0.15) is 62.8 Å². The Morgan fingerprint density at radius 3 is 1.59 bits per heavy atom. The Kier molecular flexibility index (Phi) is 9.29. The van der Waals surface area contributed by atoms with Gasteiger partial charge in [0.25, 0.3) is 0 Å². The molecule has 0 spiro atoms. The molecule has 0 amide bonds. The predicted octanol–water partition coefficient (Wildman–Crippen LogP) is 4.24. The van der Waals surface area contributed by atoms with E-state index in [1.807, 2.05) is 60.7 Å². The molecule has 0 atom stereocenters. The average Bonchev–Trinajstić information content (AvgIpc) is 3.70. The van der Waals surface area contributed by atoms with Gasteiger partial charge in [0.2, 0.25) is 0 Å². The highest BCUT2D eigenvalue weighted by molar-refractivity contribution is 6.51. The first-order valence-electron chi connectivity index (χ1n) is 20.1. The molecule has 1 aliphatic rings. The van der Waals surface area contributed by atoms with Gasteiger partial charge in [-0.25, -0.2) is 0 Å². The number of rotatable bonds is 6. The van der Waals surface area contributed by atoms with E-state index in [-0.39, 0.29) is 0 Å². The fourth-order valence-electron chi connectivity index (χ4n) is 9.16. The van der Waals surface area contributed by atoms with E-state index in [2.05, 4.69) is 108 Å². The highest BCUT2D eigenvalue weighted by Crippen LogP contribution is 2.50. The van der Waals surface area contributed by atoms with Crippen LogP contribution >= 0.6 is 0 Å². The summed E-state index contributed by atoms with van der Waals surface area (Å²) in [6.45, 7) is 4.43. The quantitative estimate of drug-likeness (QED) is 0.231. The number of benzene rings is 8. The lowest BCUT2D eigenvalue weighted by molar-refractivity contribution is 0.665. The molecule has 16 radical (unpaired) electrons. The third-order valence-electron chi connectivity index (χ3n) is 12.4. The van der Waals surface area contributed by atoms with Crippen molar-refractivity contribution in [3.05, 3.63) is 157 Å². The summed E-state index contributed by atoms with van der Waals surface area (Å²) in [6.07, 6.45) is 0. The number of nitrogens with zero attached hydrogens (tertiary/aromatic N) is 2. The summed E-state index contributed by atoms with van der Waals surface area (Å²) < 4.78 is 2.23. The van der Waals surface area contributed by atoms with Crippen LogP contribution in [0.15, 0.2) is 146 Å². The van der Waals surface area contributed by atoms with Crippen LogP contribution in [0, 0.1) is 0 Å². The maximum absolute atomic E-state index is 6.69. The Hall–Kier alpha value is -6.12. The van der Waals surface area contributed by atoms with Crippen LogP contribution < -0.4 is 48.6 Å². The SMILES string of the molecule is [B]c1ccc(-c2ccc(N(c3ccc4c(c3)C(C)(C)c3c-4ccc([B])c3[B])c3ccc4c(c3)c3ccc(-c5ccc([B])c([B])c5)cc3n4-c3ccc([B])c([B])c3)cc2)cc1[B]. The van der Waals surface area contributed by atoms with E-state index in [1.54, 1.807) is 0 Å². The Morgan fingerprint density at radius 1 is 0.393 bits per heavy atom. The number of aromatic nitrogens is 1. The molecule has 268 valence electrons. The molecule has 10 heteroatoms. The summed E-state index contributed by atoms with van der Waals surface area (Å²) in [4.78, 5) is 2.30. The summed E-state index contributed by atoms with van der Waals surface area (Å²) in [6, 6.07) is 49.5. The molecule has 0 saturated heterocycles. The second-order valence-electron chi connectivity index (χ2n) is 16.5. The van der Waals surface area contributed by atoms with Gasteiger partial charge in [0, 0.05) is 38.9 Å². The van der Waals surface area contributed by atoms with Crippen molar-refractivity contribution in [2.45, 2.75) is 19.3 Å². The zero-order valence-electron chi connectivity index (χ0n) is 33.9. The molecule has 0 unspecified atom stereocenters. The Balaban J connectivity index is 1.18. The summed E-state index contributed by atoms with van der Waals surface area (Å²) in [5.74, 6) is 0. The molecule has 0 saturated carbocycles. The van der Waals surface area contributed by atoms with Crippen molar-refractivity contribution in [2.24, 2.45) is 0 Å². The average molecular weight is 757 g/mol. The molecule has 9 aromatic rings. The van der Waals surface area contributed by atoms with Crippen LogP contribution in [-0.4, -0.2) is 67.3 Å². The van der Waals surface area contributed by atoms with Crippen molar-refractivity contribution in [1.29, 1.82) is 0 Å². The van der Waals surface area contributed by atoms with Crippen LogP contribution in [0.4, 0.5) is 17.1 Å². The van der Waals surface area contributed by atoms with E-state index >= 15 is 0 Å². The van der Waals surface area contributed by atoms with Gasteiger partial charge >= 0.3 is 0 Å². The Labute approximate surface area is 368 Å². The molecule has 0 bridgehead atoms. The van der Waals surface area contributed by atoms with Gasteiger partial charge in [-0.1, -0.05) is 104 Å². The summed E-state index contributed by atoms with van der Waals surface area (Å²) >= 11 is 0. The van der Waals surface area contributed by atoms with E-state index < -0.39 is 5.41 Å². The number of anilines is 3. The number of fused-ring (bicyclic) bond motifs is 6. The lowest BCUT2D eigenvalue weighted by Gasteiger charge is -2.29. The van der Waals surface area contributed by atoms with Crippen LogP contribution in [0.25, 0.3) is 60.9 Å². The molecule has 0 fully saturated rings. The van der Waals surface area contributed by atoms with Gasteiger partial charge < -0.3 is 9.47 Å². The minimum absolute atomic E-state index is 0.393. The fraction of sp³-hybridized carbons (Fsp3) is 0.0588. The van der Waals surface area contributed by atoms with Gasteiger partial charge in [0.05, 0.1) is 11.0 Å². The smallest absolute Gasteiger partial charge is 0.113 e. The first-order chi connectivity index (χ1) is 29.3. The first kappa shape index (κ1) is 39.0. The van der Waals surface area contributed by atoms with Crippen molar-refractivity contribution in [1.82, 2.24) is 4.57 Å². The largest absolute Gasteiger partial charge is 0.310 e. The van der Waals surface area contributed by atoms with E-state index in [0.717, 1.165) is 83.5 Å². The molecule has 2 nitrogen and oxygen atoms in total. The third-order valence-corrected chi connectivity index (χ3v) is 12.4. The van der Waals surface area contributed by atoms with Crippen molar-refractivity contribution >= 4 is 145 Å². The summed E-state index contributed by atoms with van der Waals surface area (Å²) in [7, 11) is 50.3. The second kappa shape index (κ2) is 14.5. The topological polar surface area (TPSA) is 8.17 Å². The minimum Gasteiger partial charge on any atom is -0.310 e. The molecule has 8 aromatic carbocycles. The number of hydrogen-bond donors (Lipinski definition) is 0. The van der Waals surface area contributed by atoms with Gasteiger partial charge in [-0.2, -0.15) is 0 Å². The van der Waals surface area contributed by atoms with E-state index in [0.29, 0.717) is 43.7 Å². The molecule has 10 rings (SSSR count). The molecule has 1 heterocycles. The second-order valence-corrected chi connectivity index (χ2v) is 16.5. The van der Waals surface area contributed by atoms with E-state index in [1.165, 1.54) is 5.56 Å². The molecule has 0 N–H and O–H groups in total. The van der Waals surface area contributed by atoms with E-state index in [4.69, 9.17) is 62.8 Å². The third kappa shape index (κ3) is 6.37. The van der Waals surface area contributed by atoms with Crippen LogP contribution in [-0.2, 0) is 5.41 Å². The molecule has 0 aliphatic heterocycles. The molecular weight excluding hydrogens is 727 g/mol. The van der Waals surface area contributed by atoms with E-state index in [9.17, 15) is 0 Å². The molecule has 1 aliphatic carbocycles. The maximum atomic E-state index is 6.69. The van der Waals surface area contributed by atoms with Gasteiger partial charge in [-0.15, -0.1) is 38.2 Å². The van der Waals surface area contributed by atoms with Crippen LogP contribution in [0.3, 0.4) is 0 Å². The van der Waals surface area contributed by atoms with Crippen molar-refractivity contribution in [3.63, 3.8) is 0 Å². The highest BCUT2D eigenvalue weighted by atomic mass is 15.1. The van der Waals surface area contributed by atoms with Crippen LogP contribution in [0.2, 0.25) is 0 Å². The first-order valence-corrected chi connectivity index (χ1v) is 20.1. The Bertz CT molecular complexity index is 3280. The predicted molar refractivity (Wildman–Crippen MR) is 267 cm³/mol. The Morgan fingerprint density at radius 2 is 0.918 bits per heavy atom. The van der Waals surface area contributed by atoms with Crippen LogP contribution in [0.5, 0.6) is 0 Å². The number of hydrogen-bond acceptors (Lipinski definition) is 1. The fourth-order valence-corrected chi connectivity index (χ4v) is 9.16. The molecule has 1 aromatic heterocycles. The molecule has 61 heavy (non-hydrogen) atoms. The van der Waals surface area contributed by atoms with Crippen molar-refractivity contribution < 1.29 is 0 Å². The monoisotopic (exact) mass is 758 g/mol. The molecular formula is C51H30B8N2. The zero-order valence-corrected chi connectivity index (χ0v) is 33.9. The normalized spacial score (nSPS) is 12.8. The summed E-state index contributed by atoms with van der Waals surface area (Å²) in [5, 5.41) is 2.12. The highest BCUT2D eigenvalue weighted by Gasteiger charge is 2.37. The van der Waals surface area contributed by atoms with Crippen LogP contribution in [0.1, 0.15) is 25.0 Å². The standard InChI is InChI=1S/C51H30B8N2/c1-51(2)39-25-33(10-14-35(39)37-15-19-43(55)50(59)49(37)51)60(31-8-3-27(4-9-31)28-6-16-40(52)44(56)21-28)32-12-20-47-38(24-32)36-13-5-30(29-7-17-41(53)45(57)22-29)23-48(36)61(47)34-11-18-42(54)46(58)26-34/h3-26H,1-2H3. The van der Waals surface area contributed by atoms with Crippen molar-refractivity contribution in [3.8, 4) is 39.1 Å². The van der Waals surface area contributed by atoms with Gasteiger partial charge in [-0.05, 0) is 105 Å². The minimum atomic E-state index is -0.393. The zero-order chi connectivity index (χ0) is 42.5.